The summed E-state index contributed by atoms with van der Waals surface area (Å²) in [5.41, 5.74) is 1.03. The molecule has 5 heterocycles. The Labute approximate surface area is 256 Å². The largest absolute Gasteiger partial charge is 0.491 e. The maximum atomic E-state index is 14.0. The van der Waals surface area contributed by atoms with Crippen LogP contribution in [0.25, 0.3) is 11.1 Å². The fourth-order valence-electron chi connectivity index (χ4n) is 5.83. The maximum absolute atomic E-state index is 14.0. The summed E-state index contributed by atoms with van der Waals surface area (Å²) in [5, 5.41) is 12.9. The summed E-state index contributed by atoms with van der Waals surface area (Å²) in [5.74, 6) is 0.365. The molecule has 1 N–H and O–H groups in total. The fourth-order valence-corrected chi connectivity index (χ4v) is 5.83. The van der Waals surface area contributed by atoms with Gasteiger partial charge in [0.2, 0.25) is 5.95 Å². The molecule has 0 spiro atoms. The highest BCUT2D eigenvalue weighted by Crippen LogP contribution is 2.44. The molecule has 0 saturated carbocycles. The third-order valence-corrected chi connectivity index (χ3v) is 8.06. The Morgan fingerprint density at radius 2 is 1.80 bits per heavy atom. The van der Waals surface area contributed by atoms with E-state index >= 15 is 0 Å². The van der Waals surface area contributed by atoms with Gasteiger partial charge in [-0.05, 0) is 37.6 Å². The summed E-state index contributed by atoms with van der Waals surface area (Å²) in [6, 6.07) is 5.08. The van der Waals surface area contributed by atoms with Crippen LogP contribution in [0.4, 0.5) is 23.9 Å². The van der Waals surface area contributed by atoms with Crippen LogP contribution in [-0.2, 0) is 26.2 Å². The number of hydrogen-bond acceptors (Lipinski definition) is 8. The molecule has 0 aliphatic carbocycles. The zero-order valence-corrected chi connectivity index (χ0v) is 24.9. The SMILES string of the molecule is Cc1cc(CC2COc3c(cc(Cn4ccnc4C)cc3-c3cn(C)nc3C(F)(F)F)C2=O)nc(N2CCN(C(=O)O)CC2)n1. The van der Waals surface area contributed by atoms with Gasteiger partial charge in [0.25, 0.3) is 0 Å². The van der Waals surface area contributed by atoms with Crippen molar-refractivity contribution in [3.05, 3.63) is 70.8 Å². The summed E-state index contributed by atoms with van der Waals surface area (Å²) in [4.78, 5) is 42.0. The molecule has 15 heteroatoms. The van der Waals surface area contributed by atoms with Crippen LogP contribution in [-0.4, -0.2) is 84.0 Å². The minimum absolute atomic E-state index is 0.0455. The van der Waals surface area contributed by atoms with E-state index in [0.29, 0.717) is 54.9 Å². The molecule has 0 bridgehead atoms. The molecule has 1 unspecified atom stereocenters. The lowest BCUT2D eigenvalue weighted by molar-refractivity contribution is -0.141. The third-order valence-electron chi connectivity index (χ3n) is 8.06. The molecule has 2 aliphatic rings. The number of aryl methyl sites for hydroxylation is 3. The van der Waals surface area contributed by atoms with Gasteiger partial charge in [-0.25, -0.2) is 19.7 Å². The number of aromatic nitrogens is 6. The molecule has 236 valence electrons. The highest BCUT2D eigenvalue weighted by atomic mass is 19.4. The van der Waals surface area contributed by atoms with Gasteiger partial charge in [-0.3, -0.25) is 9.48 Å². The number of rotatable bonds is 6. The molecule has 1 aromatic carbocycles. The van der Waals surface area contributed by atoms with E-state index in [9.17, 15) is 27.9 Å². The minimum Gasteiger partial charge on any atom is -0.491 e. The summed E-state index contributed by atoms with van der Waals surface area (Å²) in [6.07, 6.45) is -0.786. The highest BCUT2D eigenvalue weighted by molar-refractivity contribution is 6.04. The van der Waals surface area contributed by atoms with Crippen LogP contribution >= 0.6 is 0 Å². The van der Waals surface area contributed by atoms with Crippen molar-refractivity contribution in [2.24, 2.45) is 13.0 Å². The number of amides is 1. The van der Waals surface area contributed by atoms with Crippen LogP contribution in [0.5, 0.6) is 5.75 Å². The normalized spacial score (nSPS) is 16.9. The number of ketones is 1. The standard InChI is InChI=1S/C30H31F3N8O4/c1-17-10-21(36-28(35-17)39-6-8-40(9-7-39)29(43)44)13-20-16-45-26-22(24-15-38(3)37-27(24)30(31,32)33)11-19(12-23(26)25(20)42)14-41-5-4-34-18(41)2/h4-5,10-12,15,20H,6-9,13-14,16H2,1-3H3,(H,43,44). The van der Waals surface area contributed by atoms with E-state index in [1.807, 2.05) is 23.3 Å². The number of Topliss-reactive ketones (excluding diaryl/α,β-unsaturated/α-hetero) is 1. The number of ether oxygens (including phenoxy) is 1. The molecule has 3 aromatic heterocycles. The number of carbonyl (C=O) groups is 2. The molecule has 6 rings (SSSR count). The number of nitrogens with zero attached hydrogens (tertiary/aromatic N) is 8. The predicted octanol–water partition coefficient (Wildman–Crippen LogP) is 3.99. The van der Waals surface area contributed by atoms with E-state index in [-0.39, 0.29) is 47.8 Å². The summed E-state index contributed by atoms with van der Waals surface area (Å²) >= 11 is 0. The number of anilines is 1. The first-order chi connectivity index (χ1) is 21.4. The van der Waals surface area contributed by atoms with E-state index in [2.05, 4.69) is 15.1 Å². The number of benzene rings is 1. The lowest BCUT2D eigenvalue weighted by Gasteiger charge is -2.33. The second kappa shape index (κ2) is 11.5. The Bertz CT molecular complexity index is 1780. The van der Waals surface area contributed by atoms with E-state index in [1.165, 1.54) is 18.1 Å². The molecule has 12 nitrogen and oxygen atoms in total. The molecular formula is C30H31F3N8O4. The van der Waals surface area contributed by atoms with Crippen molar-refractivity contribution in [2.75, 3.05) is 37.7 Å². The van der Waals surface area contributed by atoms with E-state index in [4.69, 9.17) is 9.72 Å². The van der Waals surface area contributed by atoms with E-state index in [0.717, 1.165) is 4.68 Å². The minimum atomic E-state index is -4.72. The summed E-state index contributed by atoms with van der Waals surface area (Å²) in [6.45, 7) is 5.39. The molecule has 4 aromatic rings. The monoisotopic (exact) mass is 624 g/mol. The number of fused-ring (bicyclic) bond motifs is 1. The topological polar surface area (TPSA) is 132 Å². The first-order valence-electron chi connectivity index (χ1n) is 14.4. The van der Waals surface area contributed by atoms with Gasteiger partial charge < -0.3 is 24.2 Å². The number of imidazole rings is 1. The first kappa shape index (κ1) is 30.1. The number of carboxylic acid groups (broad SMARTS) is 1. The molecule has 0 radical (unpaired) electrons. The highest BCUT2D eigenvalue weighted by Gasteiger charge is 2.40. The predicted molar refractivity (Wildman–Crippen MR) is 155 cm³/mol. The van der Waals surface area contributed by atoms with Crippen molar-refractivity contribution in [3.63, 3.8) is 0 Å². The van der Waals surface area contributed by atoms with Crippen molar-refractivity contribution < 1.29 is 32.6 Å². The Kier molecular flexibility index (Phi) is 7.70. The lowest BCUT2D eigenvalue weighted by atomic mass is 9.87. The average Bonchev–Trinajstić information content (AvgIpc) is 3.59. The van der Waals surface area contributed by atoms with Gasteiger partial charge in [0.05, 0.1) is 18.1 Å². The van der Waals surface area contributed by atoms with Gasteiger partial charge in [0.1, 0.15) is 11.6 Å². The Morgan fingerprint density at radius 3 is 2.47 bits per heavy atom. The summed E-state index contributed by atoms with van der Waals surface area (Å²) in [7, 11) is 1.41. The second-order valence-corrected chi connectivity index (χ2v) is 11.3. The van der Waals surface area contributed by atoms with Crippen molar-refractivity contribution in [1.29, 1.82) is 0 Å². The van der Waals surface area contributed by atoms with Crippen LogP contribution < -0.4 is 9.64 Å². The fraction of sp³-hybridized carbons (Fsp3) is 0.400. The maximum Gasteiger partial charge on any atom is 0.435 e. The van der Waals surface area contributed by atoms with E-state index < -0.39 is 23.9 Å². The van der Waals surface area contributed by atoms with Crippen molar-refractivity contribution in [3.8, 4) is 16.9 Å². The molecule has 1 fully saturated rings. The molecule has 1 amide bonds. The van der Waals surface area contributed by atoms with Crippen LogP contribution in [0.15, 0.2) is 36.8 Å². The van der Waals surface area contributed by atoms with E-state index in [1.54, 1.807) is 30.6 Å². The smallest absolute Gasteiger partial charge is 0.435 e. The van der Waals surface area contributed by atoms with Crippen molar-refractivity contribution in [2.45, 2.75) is 33.0 Å². The van der Waals surface area contributed by atoms with Crippen molar-refractivity contribution >= 4 is 17.8 Å². The number of alkyl halides is 3. The van der Waals surface area contributed by atoms with Gasteiger partial charge in [-0.2, -0.15) is 18.3 Å². The molecular weight excluding hydrogens is 593 g/mol. The Morgan fingerprint density at radius 1 is 1.07 bits per heavy atom. The number of hydrogen-bond donors (Lipinski definition) is 1. The number of piperazine rings is 1. The molecule has 1 saturated heterocycles. The van der Waals surface area contributed by atoms with Gasteiger partial charge in [-0.1, -0.05) is 0 Å². The zero-order valence-electron chi connectivity index (χ0n) is 24.9. The Balaban J connectivity index is 1.33. The molecule has 2 aliphatic heterocycles. The lowest BCUT2D eigenvalue weighted by Crippen LogP contribution is -2.49. The number of halogens is 3. The van der Waals surface area contributed by atoms with Crippen LogP contribution in [0.3, 0.4) is 0 Å². The zero-order chi connectivity index (χ0) is 32.0. The molecule has 1 atom stereocenters. The second-order valence-electron chi connectivity index (χ2n) is 11.3. The summed E-state index contributed by atoms with van der Waals surface area (Å²) < 4.78 is 51.1. The number of carbonyl (C=O) groups excluding carboxylic acids is 1. The van der Waals surface area contributed by atoms with Gasteiger partial charge in [-0.15, -0.1) is 0 Å². The average molecular weight is 625 g/mol. The third kappa shape index (κ3) is 6.06. The van der Waals surface area contributed by atoms with Crippen molar-refractivity contribution in [1.82, 2.24) is 34.2 Å². The van der Waals surface area contributed by atoms with Crippen LogP contribution in [0, 0.1) is 19.8 Å². The molecule has 45 heavy (non-hydrogen) atoms. The quantitative estimate of drug-likeness (QED) is 0.338. The van der Waals surface area contributed by atoms with Crippen LogP contribution in [0.2, 0.25) is 0 Å². The van der Waals surface area contributed by atoms with Crippen LogP contribution in [0.1, 0.15) is 38.8 Å². The first-order valence-corrected chi connectivity index (χ1v) is 14.4. The van der Waals surface area contributed by atoms with Gasteiger partial charge >= 0.3 is 12.3 Å². The Hall–Kier alpha value is -4.95. The van der Waals surface area contributed by atoms with Gasteiger partial charge in [0, 0.05) is 87.3 Å². The van der Waals surface area contributed by atoms with Gasteiger partial charge in [0.15, 0.2) is 11.5 Å².